The van der Waals surface area contributed by atoms with E-state index in [0.29, 0.717) is 29.4 Å². The minimum absolute atomic E-state index is 0.125. The van der Waals surface area contributed by atoms with Crippen molar-refractivity contribution in [2.45, 2.75) is 78.6 Å². The van der Waals surface area contributed by atoms with Gasteiger partial charge in [-0.3, -0.25) is 9.59 Å². The summed E-state index contributed by atoms with van der Waals surface area (Å²) in [6.07, 6.45) is 6.61. The maximum absolute atomic E-state index is 13.2. The maximum Gasteiger partial charge on any atom is 0.293 e. The van der Waals surface area contributed by atoms with Crippen LogP contribution in [0, 0.1) is 12.3 Å². The standard InChI is InChI=1S/C28H39NO4/c1-6-9-21(10-7-2)23-13-12-22(25(30)15-16-28(8-3)18-32-19-28)17-24(23)29(5)27(31)26-14-11-20(4)33-26/h11-14,17,21H,6-10,15-16,18-19H2,1-5H3. The Balaban J connectivity index is 1.91. The molecule has 0 bridgehead atoms. The smallest absolute Gasteiger partial charge is 0.293 e. The van der Waals surface area contributed by atoms with Gasteiger partial charge in [0, 0.05) is 30.1 Å². The Morgan fingerprint density at radius 2 is 1.76 bits per heavy atom. The van der Waals surface area contributed by atoms with Crippen molar-refractivity contribution in [2.24, 2.45) is 5.41 Å². The van der Waals surface area contributed by atoms with E-state index in [4.69, 9.17) is 9.15 Å². The molecule has 0 radical (unpaired) electrons. The molecule has 1 aliphatic heterocycles. The highest BCUT2D eigenvalue weighted by Gasteiger charge is 2.36. The molecular weight excluding hydrogens is 414 g/mol. The maximum atomic E-state index is 13.2. The molecule has 5 nitrogen and oxygen atoms in total. The Bertz CT molecular complexity index is 945. The monoisotopic (exact) mass is 453 g/mol. The molecule has 2 heterocycles. The van der Waals surface area contributed by atoms with Gasteiger partial charge in [0.15, 0.2) is 11.5 Å². The van der Waals surface area contributed by atoms with Crippen LogP contribution in [-0.4, -0.2) is 32.0 Å². The molecule has 1 aliphatic rings. The number of carbonyl (C=O) groups excluding carboxylic acids is 2. The van der Waals surface area contributed by atoms with Crippen LogP contribution < -0.4 is 4.90 Å². The van der Waals surface area contributed by atoms with E-state index in [-0.39, 0.29) is 17.1 Å². The normalized spacial score (nSPS) is 14.8. The van der Waals surface area contributed by atoms with Gasteiger partial charge in [0.25, 0.3) is 5.91 Å². The number of aryl methyl sites for hydroxylation is 1. The molecule has 1 fully saturated rings. The van der Waals surface area contributed by atoms with Gasteiger partial charge in [0.05, 0.1) is 13.2 Å². The second-order valence-corrected chi connectivity index (χ2v) is 9.59. The van der Waals surface area contributed by atoms with Gasteiger partial charge in [-0.2, -0.15) is 0 Å². The predicted molar refractivity (Wildman–Crippen MR) is 132 cm³/mol. The van der Waals surface area contributed by atoms with E-state index >= 15 is 0 Å². The van der Waals surface area contributed by atoms with Gasteiger partial charge in [-0.05, 0) is 62.3 Å². The average Bonchev–Trinajstić information content (AvgIpc) is 3.23. The van der Waals surface area contributed by atoms with E-state index in [9.17, 15) is 9.59 Å². The lowest BCUT2D eigenvalue weighted by Crippen LogP contribution is -2.42. The van der Waals surface area contributed by atoms with Crippen LogP contribution in [0.15, 0.2) is 34.7 Å². The molecule has 5 heteroatoms. The van der Waals surface area contributed by atoms with Crippen molar-refractivity contribution in [1.82, 2.24) is 0 Å². The summed E-state index contributed by atoms with van der Waals surface area (Å²) in [6.45, 7) is 9.87. The summed E-state index contributed by atoms with van der Waals surface area (Å²) < 4.78 is 11.0. The Morgan fingerprint density at radius 3 is 2.27 bits per heavy atom. The SMILES string of the molecule is CCCC(CCC)c1ccc(C(=O)CCC2(CC)COC2)cc1N(C)C(=O)c1ccc(C)o1. The van der Waals surface area contributed by atoms with Crippen LogP contribution in [-0.2, 0) is 4.74 Å². The molecule has 0 saturated carbocycles. The molecule has 0 unspecified atom stereocenters. The van der Waals surface area contributed by atoms with Crippen LogP contribution in [0.1, 0.15) is 104 Å². The van der Waals surface area contributed by atoms with Crippen molar-refractivity contribution < 1.29 is 18.7 Å². The molecule has 1 aromatic carbocycles. The summed E-state index contributed by atoms with van der Waals surface area (Å²) in [4.78, 5) is 28.0. The van der Waals surface area contributed by atoms with Gasteiger partial charge in [-0.1, -0.05) is 45.7 Å². The summed E-state index contributed by atoms with van der Waals surface area (Å²) in [7, 11) is 1.78. The van der Waals surface area contributed by atoms with Crippen LogP contribution in [0.3, 0.4) is 0 Å². The second kappa shape index (κ2) is 11.1. The van der Waals surface area contributed by atoms with E-state index in [1.807, 2.05) is 19.1 Å². The fourth-order valence-electron chi connectivity index (χ4n) is 4.77. The number of rotatable bonds is 12. The second-order valence-electron chi connectivity index (χ2n) is 9.59. The predicted octanol–water partition coefficient (Wildman–Crippen LogP) is 6.94. The van der Waals surface area contributed by atoms with Crippen LogP contribution in [0.2, 0.25) is 0 Å². The summed E-state index contributed by atoms with van der Waals surface area (Å²) in [5, 5.41) is 0. The molecular formula is C28H39NO4. The van der Waals surface area contributed by atoms with Gasteiger partial charge < -0.3 is 14.1 Å². The minimum Gasteiger partial charge on any atom is -0.456 e. The number of furan rings is 1. The van der Waals surface area contributed by atoms with Gasteiger partial charge >= 0.3 is 0 Å². The highest BCUT2D eigenvalue weighted by atomic mass is 16.5. The van der Waals surface area contributed by atoms with Gasteiger partial charge in [0.2, 0.25) is 0 Å². The Hall–Kier alpha value is -2.40. The van der Waals surface area contributed by atoms with Crippen molar-refractivity contribution in [3.05, 3.63) is 53.0 Å². The van der Waals surface area contributed by atoms with E-state index in [2.05, 4.69) is 26.8 Å². The molecule has 2 aromatic rings. The van der Waals surface area contributed by atoms with Crippen molar-refractivity contribution in [2.75, 3.05) is 25.2 Å². The van der Waals surface area contributed by atoms with E-state index in [1.165, 1.54) is 0 Å². The Labute approximate surface area is 198 Å². The van der Waals surface area contributed by atoms with Crippen LogP contribution >= 0.6 is 0 Å². The largest absolute Gasteiger partial charge is 0.456 e. The third-order valence-electron chi connectivity index (χ3n) is 7.13. The lowest BCUT2D eigenvalue weighted by atomic mass is 9.78. The number of ether oxygens (including phenoxy) is 1. The van der Waals surface area contributed by atoms with E-state index in [1.54, 1.807) is 24.1 Å². The lowest BCUT2D eigenvalue weighted by molar-refractivity contribution is -0.118. The molecule has 1 amide bonds. The highest BCUT2D eigenvalue weighted by molar-refractivity contribution is 6.05. The van der Waals surface area contributed by atoms with Gasteiger partial charge in [-0.25, -0.2) is 0 Å². The zero-order valence-corrected chi connectivity index (χ0v) is 20.9. The number of carbonyl (C=O) groups is 2. The zero-order valence-electron chi connectivity index (χ0n) is 20.9. The number of hydrogen-bond acceptors (Lipinski definition) is 4. The summed E-state index contributed by atoms with van der Waals surface area (Å²) >= 11 is 0. The number of anilines is 1. The number of ketones is 1. The average molecular weight is 454 g/mol. The molecule has 1 saturated heterocycles. The van der Waals surface area contributed by atoms with E-state index in [0.717, 1.165) is 63.0 Å². The third kappa shape index (κ3) is 5.75. The van der Waals surface area contributed by atoms with Crippen LogP contribution in [0.4, 0.5) is 5.69 Å². The highest BCUT2D eigenvalue weighted by Crippen LogP contribution is 2.38. The van der Waals surface area contributed by atoms with Crippen molar-refractivity contribution >= 4 is 17.4 Å². The van der Waals surface area contributed by atoms with E-state index < -0.39 is 0 Å². The molecule has 3 rings (SSSR count). The summed E-state index contributed by atoms with van der Waals surface area (Å²) in [6, 6.07) is 9.44. The Morgan fingerprint density at radius 1 is 1.06 bits per heavy atom. The number of nitrogens with zero attached hydrogens (tertiary/aromatic N) is 1. The fraction of sp³-hybridized carbons (Fsp3) is 0.571. The first kappa shape index (κ1) is 25.2. The van der Waals surface area contributed by atoms with Gasteiger partial charge in [-0.15, -0.1) is 0 Å². The fourth-order valence-corrected chi connectivity index (χ4v) is 4.77. The first-order valence-electron chi connectivity index (χ1n) is 12.4. The topological polar surface area (TPSA) is 59.8 Å². The number of amides is 1. The molecule has 0 N–H and O–H groups in total. The molecule has 0 atom stereocenters. The van der Waals surface area contributed by atoms with Gasteiger partial charge in [0.1, 0.15) is 5.76 Å². The van der Waals surface area contributed by atoms with Crippen molar-refractivity contribution in [3.63, 3.8) is 0 Å². The lowest BCUT2D eigenvalue weighted by Gasteiger charge is -2.40. The number of hydrogen-bond donors (Lipinski definition) is 0. The van der Waals surface area contributed by atoms with Crippen LogP contribution in [0.5, 0.6) is 0 Å². The van der Waals surface area contributed by atoms with Crippen molar-refractivity contribution in [1.29, 1.82) is 0 Å². The molecule has 1 aromatic heterocycles. The summed E-state index contributed by atoms with van der Waals surface area (Å²) in [5.74, 6) is 1.30. The third-order valence-corrected chi connectivity index (χ3v) is 7.13. The number of benzene rings is 1. The van der Waals surface area contributed by atoms with Crippen molar-refractivity contribution in [3.8, 4) is 0 Å². The molecule has 0 spiro atoms. The number of Topliss-reactive ketones (excluding diaryl/α,β-unsaturated/α-hetero) is 1. The Kier molecular flexibility index (Phi) is 8.52. The van der Waals surface area contributed by atoms with Crippen LogP contribution in [0.25, 0.3) is 0 Å². The summed E-state index contributed by atoms with van der Waals surface area (Å²) in [5.41, 5.74) is 2.76. The molecule has 180 valence electrons. The first-order chi connectivity index (χ1) is 15.8. The minimum atomic E-state index is -0.197. The quantitative estimate of drug-likeness (QED) is 0.327. The molecule has 0 aliphatic carbocycles. The zero-order chi connectivity index (χ0) is 24.0. The first-order valence-corrected chi connectivity index (χ1v) is 12.4. The molecule has 33 heavy (non-hydrogen) atoms.